The van der Waals surface area contributed by atoms with Gasteiger partial charge in [0.05, 0.1) is 12.1 Å². The first-order valence-electron chi connectivity index (χ1n) is 8.91. The van der Waals surface area contributed by atoms with Crippen molar-refractivity contribution in [2.24, 2.45) is 5.73 Å². The topological polar surface area (TPSA) is 70.9 Å². The number of aromatic nitrogens is 1. The van der Waals surface area contributed by atoms with Gasteiger partial charge in [0.1, 0.15) is 0 Å². The van der Waals surface area contributed by atoms with Crippen molar-refractivity contribution in [3.05, 3.63) is 71.4 Å². The zero-order chi connectivity index (χ0) is 17.2. The smallest absolute Gasteiger partial charge is 0.237 e. The van der Waals surface area contributed by atoms with Crippen LogP contribution in [-0.2, 0) is 17.6 Å². The van der Waals surface area contributed by atoms with Crippen LogP contribution in [0.15, 0.2) is 54.7 Å². The van der Waals surface area contributed by atoms with Gasteiger partial charge in [-0.25, -0.2) is 0 Å². The van der Waals surface area contributed by atoms with Gasteiger partial charge in [-0.2, -0.15) is 0 Å². The zero-order valence-electron chi connectivity index (χ0n) is 14.2. The number of fused-ring (bicyclic) bond motifs is 2. The molecule has 4 N–H and O–H groups in total. The molecular weight excluding hydrogens is 310 g/mol. The third-order valence-electron chi connectivity index (χ3n) is 5.14. The van der Waals surface area contributed by atoms with Crippen LogP contribution < -0.4 is 11.1 Å². The van der Waals surface area contributed by atoms with E-state index in [2.05, 4.69) is 34.6 Å². The van der Waals surface area contributed by atoms with E-state index in [0.717, 1.165) is 35.7 Å². The zero-order valence-corrected chi connectivity index (χ0v) is 14.2. The molecule has 4 heteroatoms. The van der Waals surface area contributed by atoms with Gasteiger partial charge in [0.2, 0.25) is 5.91 Å². The van der Waals surface area contributed by atoms with Crippen LogP contribution in [0.5, 0.6) is 0 Å². The number of aryl methyl sites for hydroxylation is 1. The first kappa shape index (κ1) is 15.9. The summed E-state index contributed by atoms with van der Waals surface area (Å²) in [6.45, 7) is 0. The molecule has 128 valence electrons. The number of benzene rings is 2. The number of nitrogens with one attached hydrogen (secondary N) is 2. The Balaban J connectivity index is 1.46. The van der Waals surface area contributed by atoms with E-state index in [0.29, 0.717) is 6.42 Å². The Kier molecular flexibility index (Phi) is 4.28. The highest BCUT2D eigenvalue weighted by Gasteiger charge is 2.24. The molecule has 2 aromatic carbocycles. The quantitative estimate of drug-likeness (QED) is 0.686. The van der Waals surface area contributed by atoms with Crippen LogP contribution in [0.1, 0.15) is 35.6 Å². The van der Waals surface area contributed by atoms with Crippen molar-refractivity contribution < 1.29 is 4.79 Å². The second-order valence-electron chi connectivity index (χ2n) is 6.82. The number of carbonyl (C=O) groups is 1. The minimum Gasteiger partial charge on any atom is -0.361 e. The van der Waals surface area contributed by atoms with Crippen LogP contribution in [0, 0.1) is 0 Å². The number of carbonyl (C=O) groups excluding carboxylic acids is 1. The lowest BCUT2D eigenvalue weighted by Crippen LogP contribution is -2.44. The summed E-state index contributed by atoms with van der Waals surface area (Å²) in [5, 5.41) is 4.29. The number of aromatic amines is 1. The number of rotatable bonds is 4. The molecule has 0 saturated carbocycles. The monoisotopic (exact) mass is 333 g/mol. The largest absolute Gasteiger partial charge is 0.361 e. The molecule has 1 aliphatic rings. The minimum atomic E-state index is -0.548. The summed E-state index contributed by atoms with van der Waals surface area (Å²) in [6.07, 6.45) is 5.64. The van der Waals surface area contributed by atoms with Crippen molar-refractivity contribution in [3.8, 4) is 0 Å². The number of hydrogen-bond donors (Lipinski definition) is 3. The molecule has 0 unspecified atom stereocenters. The van der Waals surface area contributed by atoms with Gasteiger partial charge in [-0.3, -0.25) is 4.79 Å². The Morgan fingerprint density at radius 1 is 1.20 bits per heavy atom. The van der Waals surface area contributed by atoms with E-state index < -0.39 is 6.04 Å². The highest BCUT2D eigenvalue weighted by molar-refractivity contribution is 5.86. The summed E-state index contributed by atoms with van der Waals surface area (Å²) in [4.78, 5) is 15.9. The average molecular weight is 333 g/mol. The molecule has 25 heavy (non-hydrogen) atoms. The molecule has 1 heterocycles. The van der Waals surface area contributed by atoms with Gasteiger partial charge in [-0.05, 0) is 48.4 Å². The molecule has 0 bridgehead atoms. The third-order valence-corrected chi connectivity index (χ3v) is 5.14. The highest BCUT2D eigenvalue weighted by Crippen LogP contribution is 2.29. The van der Waals surface area contributed by atoms with Gasteiger partial charge in [-0.15, -0.1) is 0 Å². The van der Waals surface area contributed by atoms with E-state index in [-0.39, 0.29) is 11.9 Å². The van der Waals surface area contributed by atoms with Crippen molar-refractivity contribution in [1.29, 1.82) is 0 Å². The van der Waals surface area contributed by atoms with Crippen LogP contribution in [0.2, 0.25) is 0 Å². The molecule has 0 saturated heterocycles. The molecule has 0 aliphatic heterocycles. The summed E-state index contributed by atoms with van der Waals surface area (Å²) in [5.41, 5.74) is 10.9. The standard InChI is InChI=1S/C21H23N3O/c22-18(12-15-13-23-19-10-4-3-9-17(15)19)21(25)24-20-11-5-7-14-6-1-2-8-16(14)20/h1-4,6,8-10,13,18,20,23H,5,7,11-12,22H2,(H,24,25)/t18-,20-/m0/s1. The first-order valence-corrected chi connectivity index (χ1v) is 8.91. The molecular formula is C21H23N3O. The van der Waals surface area contributed by atoms with E-state index in [1.165, 1.54) is 11.1 Å². The van der Waals surface area contributed by atoms with Gasteiger partial charge in [0.15, 0.2) is 0 Å². The number of H-pyrrole nitrogens is 1. The van der Waals surface area contributed by atoms with E-state index >= 15 is 0 Å². The molecule has 0 fully saturated rings. The average Bonchev–Trinajstić information content (AvgIpc) is 3.05. The summed E-state index contributed by atoms with van der Waals surface area (Å²) in [5.74, 6) is -0.0769. The van der Waals surface area contributed by atoms with Gasteiger partial charge in [0, 0.05) is 17.1 Å². The van der Waals surface area contributed by atoms with Crippen molar-refractivity contribution in [3.63, 3.8) is 0 Å². The maximum Gasteiger partial charge on any atom is 0.237 e. The molecule has 2 atom stereocenters. The summed E-state index contributed by atoms with van der Waals surface area (Å²) in [7, 11) is 0. The first-order chi connectivity index (χ1) is 12.2. The highest BCUT2D eigenvalue weighted by atomic mass is 16.2. The SMILES string of the molecule is N[C@@H](Cc1c[nH]c2ccccc12)C(=O)N[C@H]1CCCc2ccccc21. The number of para-hydroxylation sites is 1. The lowest BCUT2D eigenvalue weighted by molar-refractivity contribution is -0.123. The summed E-state index contributed by atoms with van der Waals surface area (Å²) in [6, 6.07) is 16.0. The van der Waals surface area contributed by atoms with Crippen molar-refractivity contribution in [1.82, 2.24) is 10.3 Å². The fourth-order valence-electron chi connectivity index (χ4n) is 3.81. The molecule has 0 spiro atoms. The Morgan fingerprint density at radius 3 is 2.92 bits per heavy atom. The summed E-state index contributed by atoms with van der Waals surface area (Å²) < 4.78 is 0. The lowest BCUT2D eigenvalue weighted by Gasteiger charge is -2.27. The number of amides is 1. The van der Waals surface area contributed by atoms with Crippen molar-refractivity contribution in [2.75, 3.05) is 0 Å². The Morgan fingerprint density at radius 2 is 2.00 bits per heavy atom. The van der Waals surface area contributed by atoms with Crippen molar-refractivity contribution >= 4 is 16.8 Å². The second-order valence-corrected chi connectivity index (χ2v) is 6.82. The Bertz CT molecular complexity index is 899. The fraction of sp³-hybridized carbons (Fsp3) is 0.286. The van der Waals surface area contributed by atoms with Crippen LogP contribution in [0.25, 0.3) is 10.9 Å². The van der Waals surface area contributed by atoms with E-state index in [1.54, 1.807) is 0 Å². The molecule has 1 aromatic heterocycles. The number of nitrogens with two attached hydrogens (primary N) is 1. The van der Waals surface area contributed by atoms with Gasteiger partial charge < -0.3 is 16.0 Å². The molecule has 4 nitrogen and oxygen atoms in total. The fourth-order valence-corrected chi connectivity index (χ4v) is 3.81. The molecule has 3 aromatic rings. The van der Waals surface area contributed by atoms with Gasteiger partial charge in [0.25, 0.3) is 0 Å². The van der Waals surface area contributed by atoms with Crippen LogP contribution in [0.3, 0.4) is 0 Å². The summed E-state index contributed by atoms with van der Waals surface area (Å²) >= 11 is 0. The molecule has 4 rings (SSSR count). The molecule has 1 aliphatic carbocycles. The maximum atomic E-state index is 12.6. The van der Waals surface area contributed by atoms with E-state index in [4.69, 9.17) is 5.73 Å². The Labute approximate surface area is 147 Å². The predicted octanol–water partition coefficient (Wildman–Crippen LogP) is 3.23. The van der Waals surface area contributed by atoms with Crippen molar-refractivity contribution in [2.45, 2.75) is 37.8 Å². The maximum absolute atomic E-state index is 12.6. The van der Waals surface area contributed by atoms with Crippen LogP contribution in [-0.4, -0.2) is 16.9 Å². The third kappa shape index (κ3) is 3.17. The van der Waals surface area contributed by atoms with Gasteiger partial charge >= 0.3 is 0 Å². The number of hydrogen-bond acceptors (Lipinski definition) is 2. The predicted molar refractivity (Wildman–Crippen MR) is 100 cm³/mol. The van der Waals surface area contributed by atoms with Crippen LogP contribution >= 0.6 is 0 Å². The normalized spacial score (nSPS) is 17.9. The lowest BCUT2D eigenvalue weighted by atomic mass is 9.87. The van der Waals surface area contributed by atoms with E-state index in [9.17, 15) is 4.79 Å². The minimum absolute atomic E-state index is 0.0754. The molecule has 0 radical (unpaired) electrons. The van der Waals surface area contributed by atoms with Crippen LogP contribution in [0.4, 0.5) is 0 Å². The molecule has 1 amide bonds. The van der Waals surface area contributed by atoms with Gasteiger partial charge in [-0.1, -0.05) is 42.5 Å². The Hall–Kier alpha value is -2.59. The second kappa shape index (κ2) is 6.73. The van der Waals surface area contributed by atoms with E-state index in [1.807, 2.05) is 30.5 Å².